The van der Waals surface area contributed by atoms with E-state index in [1.54, 1.807) is 24.3 Å². The zero-order valence-electron chi connectivity index (χ0n) is 33.8. The molecule has 0 unspecified atom stereocenters. The van der Waals surface area contributed by atoms with Crippen molar-refractivity contribution < 1.29 is 54.8 Å². The lowest BCUT2D eigenvalue weighted by Crippen LogP contribution is -2.79. The van der Waals surface area contributed by atoms with Crippen LogP contribution in [-0.4, -0.2) is 108 Å². The first-order valence-electron chi connectivity index (χ1n) is 21.3. The van der Waals surface area contributed by atoms with Crippen LogP contribution in [0.2, 0.25) is 0 Å². The topological polar surface area (TPSA) is 218 Å². The minimum absolute atomic E-state index is 0.0482. The van der Waals surface area contributed by atoms with E-state index in [0.717, 1.165) is 29.8 Å². The Bertz CT molecular complexity index is 2200. The number of nitrogens with one attached hydrogen (secondary N) is 2. The number of aliphatic hydroxyl groups is 7. The summed E-state index contributed by atoms with van der Waals surface area (Å²) in [6.07, 6.45) is 6.71. The molecule has 0 aromatic heterocycles. The molecule has 3 aliphatic heterocycles. The molecule has 15 heteroatoms. The van der Waals surface area contributed by atoms with Crippen molar-refractivity contribution in [3.63, 3.8) is 0 Å². The maximum Gasteiger partial charge on any atom is 0.229 e. The van der Waals surface area contributed by atoms with Gasteiger partial charge < -0.3 is 55.9 Å². The molecule has 3 heterocycles. The van der Waals surface area contributed by atoms with Crippen LogP contribution in [0, 0.1) is 22.7 Å². The van der Waals surface area contributed by atoms with Gasteiger partial charge in [0.25, 0.3) is 0 Å². The smallest absolute Gasteiger partial charge is 0.229 e. The molecule has 0 radical (unpaired) electrons. The van der Waals surface area contributed by atoms with Crippen molar-refractivity contribution in [2.24, 2.45) is 22.7 Å². The Labute approximate surface area is 362 Å². The number of aliphatic hydroxyl groups excluding tert-OH is 6. The highest BCUT2D eigenvalue weighted by Gasteiger charge is 2.72. The van der Waals surface area contributed by atoms with Crippen molar-refractivity contribution in [3.05, 3.63) is 112 Å². The highest BCUT2D eigenvalue weighted by Crippen LogP contribution is 2.63. The van der Waals surface area contributed by atoms with Gasteiger partial charge in [-0.15, -0.1) is 0 Å². The maximum atomic E-state index is 15.7. The fraction of sp³-hybridized carbons (Fsp3) is 0.522. The van der Waals surface area contributed by atoms with Gasteiger partial charge in [0.15, 0.2) is 11.6 Å². The number of benzene rings is 2. The molecule has 2 saturated carbocycles. The molecule has 13 nitrogen and oxygen atoms in total. The predicted molar refractivity (Wildman–Crippen MR) is 229 cm³/mol. The van der Waals surface area contributed by atoms with E-state index in [1.165, 1.54) is 33.7 Å². The monoisotopic (exact) mass is 874 g/mol. The quantitative estimate of drug-likeness (QED) is 0.179. The molecule has 7 aliphatic rings. The summed E-state index contributed by atoms with van der Waals surface area (Å²) in [6, 6.07) is 11.9. The average molecular weight is 875 g/mol. The molecule has 326 valence electrons. The molecule has 9 N–H and O–H groups in total. The number of allylic oxidation sites excluding steroid dienone is 6. The molecule has 2 aromatic rings. The maximum absolute atomic E-state index is 15.7. The van der Waals surface area contributed by atoms with Gasteiger partial charge in [0, 0.05) is 35.3 Å². The van der Waals surface area contributed by atoms with E-state index in [9.17, 15) is 35.7 Å². The van der Waals surface area contributed by atoms with Crippen LogP contribution < -0.4 is 15.4 Å². The normalized spacial score (nSPS) is 35.3. The molecular formula is C46H54N2O11S2. The van der Waals surface area contributed by atoms with Crippen molar-refractivity contribution in [2.75, 3.05) is 25.6 Å². The lowest BCUT2D eigenvalue weighted by Gasteiger charge is -2.63. The lowest BCUT2D eigenvalue weighted by molar-refractivity contribution is -0.383. The van der Waals surface area contributed by atoms with Crippen molar-refractivity contribution in [2.45, 2.75) is 99.3 Å². The van der Waals surface area contributed by atoms with Crippen LogP contribution in [-0.2, 0) is 17.8 Å². The van der Waals surface area contributed by atoms with Gasteiger partial charge in [0.1, 0.15) is 40.3 Å². The fourth-order valence-electron chi connectivity index (χ4n) is 11.7. The van der Waals surface area contributed by atoms with Gasteiger partial charge in [-0.2, -0.15) is 0 Å². The van der Waals surface area contributed by atoms with Crippen molar-refractivity contribution in [3.8, 4) is 5.75 Å². The first kappa shape index (κ1) is 42.7. The third-order valence-corrected chi connectivity index (χ3v) is 17.3. The Morgan fingerprint density at radius 3 is 2.51 bits per heavy atom. The molecule has 2 spiro atoms. The summed E-state index contributed by atoms with van der Waals surface area (Å²) < 4.78 is 12.9. The number of fused-ring (bicyclic) bond motifs is 5. The Kier molecular flexibility index (Phi) is 11.5. The van der Waals surface area contributed by atoms with Crippen LogP contribution in [0.15, 0.2) is 89.5 Å². The first-order chi connectivity index (χ1) is 29.5. The third-order valence-electron chi connectivity index (χ3n) is 14.6. The summed E-state index contributed by atoms with van der Waals surface area (Å²) >= 11 is 0. The van der Waals surface area contributed by atoms with E-state index >= 15 is 9.59 Å². The van der Waals surface area contributed by atoms with Crippen LogP contribution >= 0.6 is 21.6 Å². The standard InChI is InChI=1S/C46H54N2O11S2/c49-17-5-10-35-45-31(20-28(21-34(45)52)19-26-6-3-7-27(18-26)23-50)38(53)30-8-4-9-32(37(30)39(45)54)58-41-40(55)46(57)33(11-15-44(24-51,59-41)42(46)56)43(13-1-2-14-43)29-12-16-47-36(22-29)48-25-60-61-35/h3-4,6-9,12,18,20-22,31,33,35,40-42,47-52,55-57H,1-2,5,10-11,13-17,19,23-25H2/t31-,33-,35-,40+,41-,42-,44-,45+,46-/m1/s1. The summed E-state index contributed by atoms with van der Waals surface area (Å²) in [5.74, 6) is -2.16. The van der Waals surface area contributed by atoms with E-state index in [0.29, 0.717) is 49.2 Å². The predicted octanol–water partition coefficient (Wildman–Crippen LogP) is 4.13. The van der Waals surface area contributed by atoms with Gasteiger partial charge in [0.05, 0.1) is 36.4 Å². The summed E-state index contributed by atoms with van der Waals surface area (Å²) in [7, 11) is 2.79. The summed E-state index contributed by atoms with van der Waals surface area (Å²) in [5, 5.41) is 86.9. The zero-order valence-corrected chi connectivity index (χ0v) is 35.4. The number of ketones is 2. The van der Waals surface area contributed by atoms with Gasteiger partial charge in [0.2, 0.25) is 6.29 Å². The Balaban J connectivity index is 1.20. The molecule has 2 aromatic carbocycles. The van der Waals surface area contributed by atoms with E-state index in [4.69, 9.17) is 9.47 Å². The second-order valence-electron chi connectivity index (χ2n) is 17.6. The van der Waals surface area contributed by atoms with Crippen LogP contribution in [0.5, 0.6) is 5.75 Å². The largest absolute Gasteiger partial charge is 0.511 e. The Hall–Kier alpha value is -3.64. The van der Waals surface area contributed by atoms with Crippen molar-refractivity contribution >= 4 is 33.2 Å². The number of ether oxygens (including phenoxy) is 2. The van der Waals surface area contributed by atoms with Gasteiger partial charge >= 0.3 is 0 Å². The fourth-order valence-corrected chi connectivity index (χ4v) is 14.6. The average Bonchev–Trinajstić information content (AvgIpc) is 3.77. The van der Waals surface area contributed by atoms with Gasteiger partial charge in [-0.3, -0.25) is 9.59 Å². The number of Topliss-reactive ketones (excluding diaryl/α,β-unsaturated/α-hetero) is 2. The molecule has 7 bridgehead atoms. The SMILES string of the molecule is O=C1c2cccc3c2C(=O)[C@@]2(C(O)=CC(Cc4cccc(CO)c4)=C[C@H]12)[C@@H](CCCO)SSCNC1=CC(=CCN1)C1(CCCC1)[C@H]1CC[C@]2(CO)O[C@@H](O3)[C@H](O)[C@@]1(O)[C@@H]2O. The Morgan fingerprint density at radius 1 is 0.951 bits per heavy atom. The minimum Gasteiger partial charge on any atom is -0.511 e. The summed E-state index contributed by atoms with van der Waals surface area (Å²) in [4.78, 5) is 30.8. The van der Waals surface area contributed by atoms with E-state index in [2.05, 4.69) is 16.7 Å². The summed E-state index contributed by atoms with van der Waals surface area (Å²) in [5.41, 5.74) is -3.34. The van der Waals surface area contributed by atoms with Crippen molar-refractivity contribution in [1.82, 2.24) is 10.6 Å². The third kappa shape index (κ3) is 6.64. The van der Waals surface area contributed by atoms with Crippen LogP contribution in [0.4, 0.5) is 0 Å². The lowest BCUT2D eigenvalue weighted by atomic mass is 9.52. The second-order valence-corrected chi connectivity index (χ2v) is 20.2. The number of hydrogen-bond donors (Lipinski definition) is 9. The number of hydrogen-bond acceptors (Lipinski definition) is 15. The second kappa shape index (κ2) is 16.5. The van der Waals surface area contributed by atoms with Gasteiger partial charge in [-0.05, 0) is 85.4 Å². The molecule has 9 atom stereocenters. The van der Waals surface area contributed by atoms with Crippen LogP contribution in [0.3, 0.4) is 0 Å². The molecule has 1 saturated heterocycles. The minimum atomic E-state index is -2.22. The highest BCUT2D eigenvalue weighted by molar-refractivity contribution is 8.76. The molecule has 3 fully saturated rings. The summed E-state index contributed by atoms with van der Waals surface area (Å²) in [6.45, 7) is -0.526. The molecule has 4 aliphatic carbocycles. The molecular weight excluding hydrogens is 821 g/mol. The number of carbonyl (C=O) groups is 2. The Morgan fingerprint density at radius 2 is 1.74 bits per heavy atom. The number of rotatable bonds is 7. The van der Waals surface area contributed by atoms with Gasteiger partial charge in [-0.1, -0.05) is 83.0 Å². The van der Waals surface area contributed by atoms with Crippen LogP contribution in [0.25, 0.3) is 0 Å². The van der Waals surface area contributed by atoms with Crippen LogP contribution in [0.1, 0.15) is 83.2 Å². The number of dihydropyridines is 1. The first-order valence-corrected chi connectivity index (χ1v) is 23.7. The van der Waals surface area contributed by atoms with E-state index in [-0.39, 0.29) is 55.1 Å². The highest BCUT2D eigenvalue weighted by atomic mass is 33.1. The number of carbonyl (C=O) groups excluding carboxylic acids is 2. The van der Waals surface area contributed by atoms with E-state index < -0.39 is 75.8 Å². The molecule has 0 amide bonds. The van der Waals surface area contributed by atoms with Crippen molar-refractivity contribution in [1.29, 1.82) is 0 Å². The molecule has 61 heavy (non-hydrogen) atoms. The molecule has 9 rings (SSSR count). The van der Waals surface area contributed by atoms with E-state index in [1.807, 2.05) is 24.3 Å². The zero-order chi connectivity index (χ0) is 42.7. The van der Waals surface area contributed by atoms with Gasteiger partial charge in [-0.25, -0.2) is 0 Å².